The Balaban J connectivity index is 0.00000180. The SMILES string of the molecule is CN(Cc1cc(F)cc(F)c1)CC1CCCNC1.Cl. The lowest BCUT2D eigenvalue weighted by molar-refractivity contribution is 0.237. The molecule has 0 spiro atoms. The van der Waals surface area contributed by atoms with Crippen LogP contribution in [-0.4, -0.2) is 31.6 Å². The average Bonchev–Trinajstić information content (AvgIpc) is 2.28. The molecule has 1 N–H and O–H groups in total. The minimum Gasteiger partial charge on any atom is -0.316 e. The number of nitrogens with one attached hydrogen (secondary N) is 1. The molecule has 1 unspecified atom stereocenters. The lowest BCUT2D eigenvalue weighted by atomic mass is 9.99. The van der Waals surface area contributed by atoms with E-state index in [2.05, 4.69) is 10.2 Å². The zero-order chi connectivity index (χ0) is 13.0. The minimum absolute atomic E-state index is 0. The molecule has 5 heteroatoms. The molecule has 2 nitrogen and oxygen atoms in total. The first-order valence-corrected chi connectivity index (χ1v) is 6.48. The van der Waals surface area contributed by atoms with Crippen LogP contribution >= 0.6 is 12.4 Å². The van der Waals surface area contributed by atoms with Crippen LogP contribution in [0.4, 0.5) is 8.78 Å². The number of rotatable bonds is 4. The van der Waals surface area contributed by atoms with Crippen molar-refractivity contribution in [1.82, 2.24) is 10.2 Å². The molecular formula is C14H21ClF2N2. The van der Waals surface area contributed by atoms with Crippen molar-refractivity contribution in [1.29, 1.82) is 0 Å². The van der Waals surface area contributed by atoms with Crippen LogP contribution in [0, 0.1) is 17.6 Å². The van der Waals surface area contributed by atoms with E-state index in [1.54, 1.807) is 0 Å². The van der Waals surface area contributed by atoms with Crippen LogP contribution in [0.1, 0.15) is 18.4 Å². The van der Waals surface area contributed by atoms with Crippen LogP contribution in [0.3, 0.4) is 0 Å². The van der Waals surface area contributed by atoms with E-state index in [4.69, 9.17) is 0 Å². The van der Waals surface area contributed by atoms with Gasteiger partial charge in [0.25, 0.3) is 0 Å². The summed E-state index contributed by atoms with van der Waals surface area (Å²) in [6.07, 6.45) is 2.45. The molecule has 1 heterocycles. The monoisotopic (exact) mass is 290 g/mol. The van der Waals surface area contributed by atoms with Crippen LogP contribution in [-0.2, 0) is 6.54 Å². The first-order chi connectivity index (χ1) is 8.63. The van der Waals surface area contributed by atoms with Crippen molar-refractivity contribution in [3.8, 4) is 0 Å². The summed E-state index contributed by atoms with van der Waals surface area (Å²) < 4.78 is 26.1. The molecule has 1 aromatic carbocycles. The fraction of sp³-hybridized carbons (Fsp3) is 0.571. The van der Waals surface area contributed by atoms with Crippen molar-refractivity contribution in [3.63, 3.8) is 0 Å². The highest BCUT2D eigenvalue weighted by Crippen LogP contribution is 2.14. The van der Waals surface area contributed by atoms with Gasteiger partial charge in [-0.15, -0.1) is 12.4 Å². The number of hydrogen-bond acceptors (Lipinski definition) is 2. The minimum atomic E-state index is -0.502. The first kappa shape index (κ1) is 16.3. The van der Waals surface area contributed by atoms with Crippen molar-refractivity contribution >= 4 is 12.4 Å². The van der Waals surface area contributed by atoms with E-state index < -0.39 is 11.6 Å². The van der Waals surface area contributed by atoms with Gasteiger partial charge < -0.3 is 10.2 Å². The van der Waals surface area contributed by atoms with Gasteiger partial charge in [-0.2, -0.15) is 0 Å². The Morgan fingerprint density at radius 2 is 1.95 bits per heavy atom. The van der Waals surface area contributed by atoms with E-state index in [1.807, 2.05) is 7.05 Å². The zero-order valence-electron chi connectivity index (χ0n) is 11.2. The largest absolute Gasteiger partial charge is 0.316 e. The van der Waals surface area contributed by atoms with E-state index in [9.17, 15) is 8.78 Å². The van der Waals surface area contributed by atoms with Crippen LogP contribution in [0.25, 0.3) is 0 Å². The molecule has 0 bridgehead atoms. The van der Waals surface area contributed by atoms with Crippen LogP contribution in [0.5, 0.6) is 0 Å². The Kier molecular flexibility index (Phi) is 6.69. The van der Waals surface area contributed by atoms with E-state index >= 15 is 0 Å². The van der Waals surface area contributed by atoms with Crippen molar-refractivity contribution in [2.24, 2.45) is 5.92 Å². The van der Waals surface area contributed by atoms with Crippen LogP contribution in [0.15, 0.2) is 18.2 Å². The molecule has 2 rings (SSSR count). The summed E-state index contributed by atoms with van der Waals surface area (Å²) in [4.78, 5) is 2.13. The standard InChI is InChI=1S/C14H20F2N2.ClH/c1-18(9-11-3-2-4-17-8-11)10-12-5-13(15)7-14(16)6-12;/h5-7,11,17H,2-4,8-10H2,1H3;1H. The number of hydrogen-bond donors (Lipinski definition) is 1. The highest BCUT2D eigenvalue weighted by Gasteiger charge is 2.15. The summed E-state index contributed by atoms with van der Waals surface area (Å²) in [7, 11) is 2.00. The number of piperidine rings is 1. The van der Waals surface area contributed by atoms with Crippen molar-refractivity contribution < 1.29 is 8.78 Å². The Hall–Kier alpha value is -0.710. The molecule has 0 aliphatic carbocycles. The number of halogens is 3. The fourth-order valence-corrected chi connectivity index (χ4v) is 2.60. The van der Waals surface area contributed by atoms with Gasteiger partial charge >= 0.3 is 0 Å². The summed E-state index contributed by atoms with van der Waals surface area (Å²) in [6, 6.07) is 3.71. The molecule has 1 fully saturated rings. The summed E-state index contributed by atoms with van der Waals surface area (Å²) in [6.45, 7) is 3.70. The topological polar surface area (TPSA) is 15.3 Å². The fourth-order valence-electron chi connectivity index (χ4n) is 2.60. The number of benzene rings is 1. The van der Waals surface area contributed by atoms with Crippen molar-refractivity contribution in [2.45, 2.75) is 19.4 Å². The maximum absolute atomic E-state index is 13.1. The van der Waals surface area contributed by atoms with Gasteiger partial charge in [-0.3, -0.25) is 0 Å². The third-order valence-corrected chi connectivity index (χ3v) is 3.34. The van der Waals surface area contributed by atoms with Gasteiger partial charge in [0.05, 0.1) is 0 Å². The van der Waals surface area contributed by atoms with Gasteiger partial charge in [0.1, 0.15) is 11.6 Å². The normalized spacial score (nSPS) is 19.3. The van der Waals surface area contributed by atoms with Gasteiger partial charge in [-0.25, -0.2) is 8.78 Å². The second-order valence-electron chi connectivity index (χ2n) is 5.19. The summed E-state index contributed by atoms with van der Waals surface area (Å²) >= 11 is 0. The second kappa shape index (κ2) is 7.78. The first-order valence-electron chi connectivity index (χ1n) is 6.48. The zero-order valence-corrected chi connectivity index (χ0v) is 12.0. The predicted octanol–water partition coefficient (Wildman–Crippen LogP) is 2.82. The highest BCUT2D eigenvalue weighted by molar-refractivity contribution is 5.85. The van der Waals surface area contributed by atoms with E-state index in [-0.39, 0.29) is 12.4 Å². The van der Waals surface area contributed by atoms with Gasteiger partial charge in [-0.05, 0) is 56.6 Å². The molecule has 19 heavy (non-hydrogen) atoms. The Bertz CT molecular complexity index is 375. The molecule has 1 saturated heterocycles. The Morgan fingerprint density at radius 1 is 1.26 bits per heavy atom. The van der Waals surface area contributed by atoms with E-state index in [1.165, 1.54) is 25.0 Å². The quantitative estimate of drug-likeness (QED) is 0.917. The molecule has 108 valence electrons. The third kappa shape index (κ3) is 5.43. The highest BCUT2D eigenvalue weighted by atomic mass is 35.5. The predicted molar refractivity (Wildman–Crippen MR) is 75.5 cm³/mol. The Morgan fingerprint density at radius 3 is 2.53 bits per heavy atom. The lowest BCUT2D eigenvalue weighted by Gasteiger charge is -2.27. The molecular weight excluding hydrogens is 270 g/mol. The molecule has 0 aromatic heterocycles. The van der Waals surface area contributed by atoms with Gasteiger partial charge in [0.2, 0.25) is 0 Å². The summed E-state index contributed by atoms with van der Waals surface area (Å²) in [5.74, 6) is -0.363. The Labute approximate surface area is 119 Å². The van der Waals surface area contributed by atoms with Crippen molar-refractivity contribution in [3.05, 3.63) is 35.4 Å². The van der Waals surface area contributed by atoms with E-state index in [0.717, 1.165) is 25.7 Å². The second-order valence-corrected chi connectivity index (χ2v) is 5.19. The van der Waals surface area contributed by atoms with Gasteiger partial charge in [0.15, 0.2) is 0 Å². The maximum Gasteiger partial charge on any atom is 0.126 e. The van der Waals surface area contributed by atoms with Gasteiger partial charge in [0, 0.05) is 19.2 Å². The van der Waals surface area contributed by atoms with E-state index in [0.29, 0.717) is 18.0 Å². The summed E-state index contributed by atoms with van der Waals surface area (Å²) in [5, 5.41) is 3.38. The third-order valence-electron chi connectivity index (χ3n) is 3.34. The molecule has 1 aliphatic heterocycles. The lowest BCUT2D eigenvalue weighted by Crippen LogP contribution is -2.36. The van der Waals surface area contributed by atoms with Crippen molar-refractivity contribution in [2.75, 3.05) is 26.7 Å². The van der Waals surface area contributed by atoms with Crippen LogP contribution in [0.2, 0.25) is 0 Å². The molecule has 0 saturated carbocycles. The average molecular weight is 291 g/mol. The smallest absolute Gasteiger partial charge is 0.126 e. The van der Waals surface area contributed by atoms with Gasteiger partial charge in [-0.1, -0.05) is 0 Å². The molecule has 0 amide bonds. The maximum atomic E-state index is 13.1. The molecule has 1 aromatic rings. The number of nitrogens with zero attached hydrogens (tertiary/aromatic N) is 1. The molecule has 1 atom stereocenters. The molecule has 0 radical (unpaired) electrons. The van der Waals surface area contributed by atoms with Crippen LogP contribution < -0.4 is 5.32 Å². The summed E-state index contributed by atoms with van der Waals surface area (Å²) in [5.41, 5.74) is 0.693. The molecule has 1 aliphatic rings.